The first kappa shape index (κ1) is 20.2. The topological polar surface area (TPSA) is 117 Å². The Bertz CT molecular complexity index is 942. The van der Waals surface area contributed by atoms with Crippen LogP contribution in [-0.4, -0.2) is 35.7 Å². The zero-order valence-corrected chi connectivity index (χ0v) is 16.2. The summed E-state index contributed by atoms with van der Waals surface area (Å²) in [7, 11) is 0. The Kier molecular flexibility index (Phi) is 6.01. The van der Waals surface area contributed by atoms with E-state index in [0.717, 1.165) is 11.3 Å². The van der Waals surface area contributed by atoms with E-state index in [9.17, 15) is 19.5 Å². The number of nitrogens with one attached hydrogen (secondary N) is 3. The average molecular weight is 397 g/mol. The fraction of sp³-hybridized carbons (Fsp3) is 0.286. The largest absolute Gasteiger partial charge is 0.493 e. The second-order valence-electron chi connectivity index (χ2n) is 7.04. The molecular formula is C21H23N3O5. The molecule has 8 heteroatoms. The van der Waals surface area contributed by atoms with Crippen molar-refractivity contribution in [1.29, 1.82) is 0 Å². The van der Waals surface area contributed by atoms with Gasteiger partial charge in [0, 0.05) is 23.7 Å². The van der Waals surface area contributed by atoms with E-state index in [1.165, 1.54) is 6.07 Å². The van der Waals surface area contributed by atoms with Gasteiger partial charge in [-0.25, -0.2) is 9.59 Å². The average Bonchev–Trinajstić information content (AvgIpc) is 3.12. The first-order chi connectivity index (χ1) is 13.8. The van der Waals surface area contributed by atoms with Crippen molar-refractivity contribution in [3.63, 3.8) is 0 Å². The Hall–Kier alpha value is -3.55. The van der Waals surface area contributed by atoms with Gasteiger partial charge in [-0.3, -0.25) is 4.79 Å². The normalized spacial score (nSPS) is 13.2. The molecule has 1 aliphatic rings. The van der Waals surface area contributed by atoms with Crippen LogP contribution >= 0.6 is 0 Å². The number of urea groups is 1. The molecule has 1 unspecified atom stereocenters. The van der Waals surface area contributed by atoms with Crippen LogP contribution in [0.3, 0.4) is 0 Å². The third-order valence-corrected chi connectivity index (χ3v) is 4.37. The maximum Gasteiger partial charge on any atom is 0.330 e. The predicted octanol–water partition coefficient (Wildman–Crippen LogP) is 2.71. The van der Waals surface area contributed by atoms with Crippen LogP contribution in [0.5, 0.6) is 5.75 Å². The molecular weight excluding hydrogens is 374 g/mol. The summed E-state index contributed by atoms with van der Waals surface area (Å²) in [5.41, 5.74) is 2.06. The van der Waals surface area contributed by atoms with E-state index >= 15 is 0 Å². The highest BCUT2D eigenvalue weighted by atomic mass is 16.5. The number of anilines is 1. The number of rotatable bonds is 6. The van der Waals surface area contributed by atoms with E-state index in [2.05, 4.69) is 16.0 Å². The predicted molar refractivity (Wildman–Crippen MR) is 107 cm³/mol. The molecule has 1 atom stereocenters. The van der Waals surface area contributed by atoms with Gasteiger partial charge in [-0.1, -0.05) is 12.1 Å². The van der Waals surface area contributed by atoms with Gasteiger partial charge < -0.3 is 25.8 Å². The number of amides is 3. The number of fused-ring (bicyclic) bond motifs is 1. The minimum atomic E-state index is -1.20. The van der Waals surface area contributed by atoms with Crippen LogP contribution in [0, 0.1) is 0 Å². The van der Waals surface area contributed by atoms with Crippen molar-refractivity contribution in [2.45, 2.75) is 32.4 Å². The van der Waals surface area contributed by atoms with E-state index in [4.69, 9.17) is 4.74 Å². The maximum atomic E-state index is 12.7. The molecule has 0 fully saturated rings. The van der Waals surface area contributed by atoms with Gasteiger partial charge in [0.2, 0.25) is 0 Å². The third kappa shape index (κ3) is 5.04. The lowest BCUT2D eigenvalue weighted by Gasteiger charge is -2.16. The first-order valence-electron chi connectivity index (χ1n) is 9.30. The number of benzene rings is 2. The lowest BCUT2D eigenvalue weighted by molar-refractivity contribution is -0.139. The number of hydrogen-bond acceptors (Lipinski definition) is 4. The Labute approximate surface area is 168 Å². The zero-order valence-electron chi connectivity index (χ0n) is 16.2. The van der Waals surface area contributed by atoms with Crippen LogP contribution in [0.25, 0.3) is 0 Å². The number of carbonyl (C=O) groups excluding carboxylic acids is 2. The summed E-state index contributed by atoms with van der Waals surface area (Å²) in [6.45, 7) is 4.23. The molecule has 3 amide bonds. The summed E-state index contributed by atoms with van der Waals surface area (Å²) < 4.78 is 5.44. The van der Waals surface area contributed by atoms with E-state index in [1.807, 2.05) is 13.8 Å². The van der Waals surface area contributed by atoms with Gasteiger partial charge in [-0.05, 0) is 55.3 Å². The Morgan fingerprint density at radius 2 is 1.86 bits per heavy atom. The Morgan fingerprint density at radius 1 is 1.07 bits per heavy atom. The quantitative estimate of drug-likeness (QED) is 0.598. The molecule has 0 aliphatic carbocycles. The van der Waals surface area contributed by atoms with Crippen molar-refractivity contribution in [2.75, 3.05) is 11.9 Å². The van der Waals surface area contributed by atoms with Crippen LogP contribution in [-0.2, 0) is 11.2 Å². The lowest BCUT2D eigenvalue weighted by Crippen LogP contribution is -2.35. The second-order valence-corrected chi connectivity index (χ2v) is 7.04. The molecule has 2 aromatic carbocycles. The fourth-order valence-corrected chi connectivity index (χ4v) is 3.06. The van der Waals surface area contributed by atoms with Gasteiger partial charge in [0.05, 0.1) is 6.61 Å². The summed E-state index contributed by atoms with van der Waals surface area (Å²) in [6, 6.07) is 9.78. The van der Waals surface area contributed by atoms with Crippen molar-refractivity contribution in [2.24, 2.45) is 0 Å². The van der Waals surface area contributed by atoms with Crippen molar-refractivity contribution >= 4 is 23.6 Å². The second kappa shape index (κ2) is 8.64. The van der Waals surface area contributed by atoms with Crippen LogP contribution in [0.2, 0.25) is 0 Å². The molecule has 0 saturated carbocycles. The molecule has 3 rings (SSSR count). The van der Waals surface area contributed by atoms with Crippen LogP contribution in [0.1, 0.15) is 41.4 Å². The third-order valence-electron chi connectivity index (χ3n) is 4.37. The number of carboxylic acids is 1. The van der Waals surface area contributed by atoms with Crippen molar-refractivity contribution in [1.82, 2.24) is 10.6 Å². The summed E-state index contributed by atoms with van der Waals surface area (Å²) in [6.07, 6.45) is 0.704. The van der Waals surface area contributed by atoms with E-state index in [0.29, 0.717) is 24.3 Å². The molecule has 2 aromatic rings. The molecule has 0 aromatic heterocycles. The van der Waals surface area contributed by atoms with Gasteiger partial charge >= 0.3 is 12.0 Å². The molecule has 4 N–H and O–H groups in total. The van der Waals surface area contributed by atoms with Gasteiger partial charge in [0.1, 0.15) is 5.75 Å². The van der Waals surface area contributed by atoms with Crippen molar-refractivity contribution in [3.8, 4) is 5.75 Å². The van der Waals surface area contributed by atoms with Crippen LogP contribution in [0.4, 0.5) is 10.5 Å². The van der Waals surface area contributed by atoms with Gasteiger partial charge in [-0.2, -0.15) is 0 Å². The van der Waals surface area contributed by atoms with E-state index < -0.39 is 17.9 Å². The number of carbonyl (C=O) groups is 3. The highest BCUT2D eigenvalue weighted by molar-refractivity contribution is 5.98. The molecule has 8 nitrogen and oxygen atoms in total. The highest BCUT2D eigenvalue weighted by Crippen LogP contribution is 2.28. The number of hydrogen-bond donors (Lipinski definition) is 4. The summed E-state index contributed by atoms with van der Waals surface area (Å²) in [5, 5.41) is 17.5. The molecule has 0 saturated heterocycles. The van der Waals surface area contributed by atoms with E-state index in [1.54, 1.807) is 36.4 Å². The smallest absolute Gasteiger partial charge is 0.330 e. The van der Waals surface area contributed by atoms with Gasteiger partial charge in [0.15, 0.2) is 6.04 Å². The standard InChI is InChI=1S/C21H23N3O5/c1-12(2)22-21(28)23-16-5-3-4-15(11-16)19(25)24-18(20(26)27)14-6-7-17-13(10-14)8-9-29-17/h3-7,10-12,18H,8-9H2,1-2H3,(H,24,25)(H,26,27)(H2,22,23,28). The van der Waals surface area contributed by atoms with Gasteiger partial charge in [0.25, 0.3) is 5.91 Å². The minimum Gasteiger partial charge on any atom is -0.493 e. The van der Waals surface area contributed by atoms with Crippen molar-refractivity contribution in [3.05, 3.63) is 59.2 Å². The summed E-state index contributed by atoms with van der Waals surface area (Å²) >= 11 is 0. The number of aliphatic carboxylic acids is 1. The molecule has 29 heavy (non-hydrogen) atoms. The number of carboxylic acid groups (broad SMARTS) is 1. The van der Waals surface area contributed by atoms with Gasteiger partial charge in [-0.15, -0.1) is 0 Å². The zero-order chi connectivity index (χ0) is 21.0. The van der Waals surface area contributed by atoms with E-state index in [-0.39, 0.29) is 17.6 Å². The van der Waals surface area contributed by atoms with Crippen LogP contribution < -0.4 is 20.7 Å². The number of ether oxygens (including phenoxy) is 1. The Balaban J connectivity index is 1.74. The fourth-order valence-electron chi connectivity index (χ4n) is 3.06. The van der Waals surface area contributed by atoms with Crippen LogP contribution in [0.15, 0.2) is 42.5 Å². The molecule has 0 radical (unpaired) electrons. The molecule has 152 valence electrons. The summed E-state index contributed by atoms with van der Waals surface area (Å²) in [5.74, 6) is -0.979. The van der Waals surface area contributed by atoms with Crippen molar-refractivity contribution < 1.29 is 24.2 Å². The first-order valence-corrected chi connectivity index (χ1v) is 9.30. The maximum absolute atomic E-state index is 12.7. The molecule has 0 bridgehead atoms. The molecule has 0 spiro atoms. The molecule has 1 heterocycles. The lowest BCUT2D eigenvalue weighted by atomic mass is 10.0. The Morgan fingerprint density at radius 3 is 2.59 bits per heavy atom. The highest BCUT2D eigenvalue weighted by Gasteiger charge is 2.25. The monoisotopic (exact) mass is 397 g/mol. The molecule has 1 aliphatic heterocycles. The summed E-state index contributed by atoms with van der Waals surface area (Å²) in [4.78, 5) is 36.3. The SMILES string of the molecule is CC(C)NC(=O)Nc1cccc(C(=O)NC(C(=O)O)c2ccc3c(c2)CCO3)c1. The minimum absolute atomic E-state index is 0.0319.